The van der Waals surface area contributed by atoms with Gasteiger partial charge in [0, 0.05) is 36.1 Å². The lowest BCUT2D eigenvalue weighted by atomic mass is 9.85. The van der Waals surface area contributed by atoms with Gasteiger partial charge in [0.2, 0.25) is 10.3 Å². The van der Waals surface area contributed by atoms with Gasteiger partial charge < -0.3 is 20.3 Å². The average Bonchev–Trinajstić information content (AvgIpc) is 3.08. The van der Waals surface area contributed by atoms with Gasteiger partial charge in [-0.05, 0) is 45.6 Å². The van der Waals surface area contributed by atoms with E-state index in [0.717, 1.165) is 31.1 Å². The molecule has 29 heavy (non-hydrogen) atoms. The van der Waals surface area contributed by atoms with Crippen molar-refractivity contribution >= 4 is 56.2 Å². The van der Waals surface area contributed by atoms with Crippen molar-refractivity contribution in [1.82, 2.24) is 14.9 Å². The van der Waals surface area contributed by atoms with E-state index in [1.807, 2.05) is 20.8 Å². The van der Waals surface area contributed by atoms with Crippen LogP contribution >= 0.6 is 34.5 Å². The van der Waals surface area contributed by atoms with Crippen LogP contribution in [0.4, 0.5) is 10.3 Å². The lowest BCUT2D eigenvalue weighted by molar-refractivity contribution is 0.317. The van der Waals surface area contributed by atoms with E-state index in [9.17, 15) is 9.66 Å². The fourth-order valence-electron chi connectivity index (χ4n) is 3.28. The Morgan fingerprint density at radius 2 is 1.90 bits per heavy atom. The quantitative estimate of drug-likeness (QED) is 0.554. The Labute approximate surface area is 187 Å². The smallest absolute Gasteiger partial charge is 0.209 e. The zero-order valence-corrected chi connectivity index (χ0v) is 19.6. The number of phenolic OH excluding ortho intramolecular Hbond substituents is 1. The Kier molecular flexibility index (Phi) is 7.07. The maximum atomic E-state index is 12.9. The van der Waals surface area contributed by atoms with Crippen LogP contribution in [-0.2, 0) is 11.4 Å². The first kappa shape index (κ1) is 22.7. The van der Waals surface area contributed by atoms with Gasteiger partial charge in [-0.2, -0.15) is 0 Å². The predicted molar refractivity (Wildman–Crippen MR) is 121 cm³/mol. The summed E-state index contributed by atoms with van der Waals surface area (Å²) in [6.45, 7) is 7.25. The molecule has 0 radical (unpaired) electrons. The summed E-state index contributed by atoms with van der Waals surface area (Å²) in [5.74, 6) is 0.188. The minimum Gasteiger partial charge on any atom is -0.598 e. The molecule has 7 nitrogen and oxygen atoms in total. The maximum absolute atomic E-state index is 12.9. The van der Waals surface area contributed by atoms with Crippen LogP contribution in [0.25, 0.3) is 0 Å². The van der Waals surface area contributed by atoms with Crippen LogP contribution in [-0.4, -0.2) is 37.7 Å². The van der Waals surface area contributed by atoms with Crippen molar-refractivity contribution in [1.29, 1.82) is 0 Å². The van der Waals surface area contributed by atoms with E-state index in [0.29, 0.717) is 15.7 Å². The third-order valence-corrected chi connectivity index (χ3v) is 8.02. The molecule has 0 saturated carbocycles. The number of aromatic nitrogens is 2. The van der Waals surface area contributed by atoms with Crippen molar-refractivity contribution in [2.45, 2.75) is 44.4 Å². The molecule has 1 aromatic heterocycles. The van der Waals surface area contributed by atoms with Crippen LogP contribution in [0.2, 0.25) is 10.0 Å². The molecular weight excluding hydrogens is 453 g/mol. The second-order valence-electron chi connectivity index (χ2n) is 8.05. The first-order chi connectivity index (χ1) is 13.6. The fourth-order valence-corrected chi connectivity index (χ4v) is 5.18. The Morgan fingerprint density at radius 3 is 2.45 bits per heavy atom. The van der Waals surface area contributed by atoms with Crippen LogP contribution in [0, 0.1) is 5.92 Å². The Morgan fingerprint density at radius 1 is 1.28 bits per heavy atom. The average molecular weight is 478 g/mol. The van der Waals surface area contributed by atoms with Gasteiger partial charge in [-0.15, -0.1) is 14.9 Å². The number of nitrogens with zero attached hydrogens (tertiary/aromatic N) is 3. The standard InChI is InChI=1S/C18H25Cl2N5O2S2/c1-18(2,3)29(27)24-15(11-8-12(19)13(20)9-14(11)26)10-4-6-25(7-5-10)17-23-22-16(21)28-17/h8-10,15,24,26H,4-7H2,1-3H3,(H2,21,22). The number of hydrogen-bond acceptors (Lipinski definition) is 8. The molecule has 2 aromatic rings. The third kappa shape index (κ3) is 5.39. The van der Waals surface area contributed by atoms with Crippen molar-refractivity contribution in [2.75, 3.05) is 23.7 Å². The fraction of sp³-hybridized carbons (Fsp3) is 0.556. The van der Waals surface area contributed by atoms with Crippen molar-refractivity contribution < 1.29 is 9.66 Å². The van der Waals surface area contributed by atoms with E-state index in [1.54, 1.807) is 6.07 Å². The van der Waals surface area contributed by atoms with Crippen LogP contribution in [0.15, 0.2) is 12.1 Å². The second kappa shape index (κ2) is 9.03. The van der Waals surface area contributed by atoms with Crippen molar-refractivity contribution in [3.05, 3.63) is 27.7 Å². The van der Waals surface area contributed by atoms with Crippen LogP contribution in [0.3, 0.4) is 0 Å². The number of anilines is 2. The molecule has 2 unspecified atom stereocenters. The molecular formula is C18H25Cl2N5O2S2. The molecule has 1 aromatic carbocycles. The van der Waals surface area contributed by atoms with E-state index in [4.69, 9.17) is 28.9 Å². The number of halogens is 2. The van der Waals surface area contributed by atoms with E-state index in [1.165, 1.54) is 17.4 Å². The number of piperidine rings is 1. The number of aromatic hydroxyl groups is 1. The van der Waals surface area contributed by atoms with Gasteiger partial charge in [0.25, 0.3) is 0 Å². The molecule has 4 N–H and O–H groups in total. The summed E-state index contributed by atoms with van der Waals surface area (Å²) in [5.41, 5.74) is 6.31. The highest BCUT2D eigenvalue weighted by molar-refractivity contribution is 7.90. The largest absolute Gasteiger partial charge is 0.598 e. The maximum Gasteiger partial charge on any atom is 0.209 e. The minimum absolute atomic E-state index is 0.0436. The van der Waals surface area contributed by atoms with E-state index < -0.39 is 16.1 Å². The van der Waals surface area contributed by atoms with E-state index >= 15 is 0 Å². The highest BCUT2D eigenvalue weighted by Gasteiger charge is 2.37. The summed E-state index contributed by atoms with van der Waals surface area (Å²) in [6.07, 6.45) is 1.64. The number of hydrogen-bond donors (Lipinski definition) is 3. The minimum atomic E-state index is -1.32. The van der Waals surface area contributed by atoms with Gasteiger partial charge in [-0.1, -0.05) is 34.5 Å². The van der Waals surface area contributed by atoms with E-state index in [-0.39, 0.29) is 22.7 Å². The summed E-state index contributed by atoms with van der Waals surface area (Å²) in [7, 11) is 0. The zero-order valence-electron chi connectivity index (χ0n) is 16.5. The summed E-state index contributed by atoms with van der Waals surface area (Å²) >= 11 is 12.3. The van der Waals surface area contributed by atoms with Crippen LogP contribution < -0.4 is 15.4 Å². The number of rotatable bonds is 5. The number of phenols is 1. The van der Waals surface area contributed by atoms with Gasteiger partial charge >= 0.3 is 0 Å². The molecule has 1 aliphatic rings. The first-order valence-electron chi connectivity index (χ1n) is 9.26. The molecule has 0 aliphatic carbocycles. The predicted octanol–water partition coefficient (Wildman–Crippen LogP) is 4.14. The second-order valence-corrected chi connectivity index (χ2v) is 11.8. The number of nitrogen functional groups attached to an aromatic ring is 1. The van der Waals surface area contributed by atoms with Gasteiger partial charge in [0.1, 0.15) is 10.5 Å². The molecule has 1 saturated heterocycles. The molecule has 1 fully saturated rings. The molecule has 2 atom stereocenters. The number of nitrogens with two attached hydrogens (primary N) is 1. The molecule has 11 heteroatoms. The Bertz CT molecular complexity index is 853. The SMILES string of the molecule is CC(C)(C)[S+]([O-])NC(c1cc(Cl)c(Cl)cc1O)C1CCN(c2nnc(N)s2)CC1. The monoisotopic (exact) mass is 477 g/mol. The van der Waals surface area contributed by atoms with E-state index in [2.05, 4.69) is 19.8 Å². The summed E-state index contributed by atoms with van der Waals surface area (Å²) in [4.78, 5) is 2.15. The number of nitrogens with one attached hydrogen (secondary N) is 1. The lowest BCUT2D eigenvalue weighted by Gasteiger charge is -2.37. The first-order valence-corrected chi connectivity index (χ1v) is 12.0. The lowest BCUT2D eigenvalue weighted by Crippen LogP contribution is -2.45. The van der Waals surface area contributed by atoms with Crippen molar-refractivity contribution in [3.8, 4) is 5.75 Å². The molecule has 0 spiro atoms. The van der Waals surface area contributed by atoms with Crippen LogP contribution in [0.1, 0.15) is 45.2 Å². The van der Waals surface area contributed by atoms with Gasteiger partial charge in [0.15, 0.2) is 0 Å². The zero-order chi connectivity index (χ0) is 21.3. The normalized spacial score (nSPS) is 18.1. The van der Waals surface area contributed by atoms with Gasteiger partial charge in [-0.3, -0.25) is 0 Å². The summed E-state index contributed by atoms with van der Waals surface area (Å²) < 4.78 is 15.6. The van der Waals surface area contributed by atoms with Crippen LogP contribution in [0.5, 0.6) is 5.75 Å². The topological polar surface area (TPSA) is 110 Å². The molecule has 160 valence electrons. The summed E-state index contributed by atoms with van der Waals surface area (Å²) in [5, 5.41) is 20.4. The van der Waals surface area contributed by atoms with Gasteiger partial charge in [-0.25, -0.2) is 0 Å². The molecule has 0 amide bonds. The summed E-state index contributed by atoms with van der Waals surface area (Å²) in [6, 6.07) is 2.77. The molecule has 0 bridgehead atoms. The Balaban J connectivity index is 1.83. The van der Waals surface area contributed by atoms with Gasteiger partial charge in [0.05, 0.1) is 16.1 Å². The highest BCUT2D eigenvalue weighted by Crippen LogP contribution is 2.40. The van der Waals surface area contributed by atoms with Crippen molar-refractivity contribution in [3.63, 3.8) is 0 Å². The molecule has 2 heterocycles. The molecule has 1 aliphatic heterocycles. The third-order valence-electron chi connectivity index (χ3n) is 4.91. The molecule has 3 rings (SSSR count). The highest BCUT2D eigenvalue weighted by atomic mass is 35.5. The van der Waals surface area contributed by atoms with Crippen molar-refractivity contribution in [2.24, 2.45) is 5.92 Å². The Hall–Kier alpha value is -0.970. The number of benzene rings is 1.